The maximum absolute atomic E-state index is 13.4. The van der Waals surface area contributed by atoms with Crippen molar-refractivity contribution in [2.24, 2.45) is 7.05 Å². The summed E-state index contributed by atoms with van der Waals surface area (Å²) in [5, 5.41) is 15.5. The van der Waals surface area contributed by atoms with Crippen molar-refractivity contribution in [1.29, 1.82) is 0 Å². The minimum atomic E-state index is -0.690. The summed E-state index contributed by atoms with van der Waals surface area (Å²) >= 11 is 0. The second-order valence-corrected chi connectivity index (χ2v) is 3.92. The highest BCUT2D eigenvalue weighted by molar-refractivity contribution is 6.04. The predicted molar refractivity (Wildman–Crippen MR) is 64.0 cm³/mol. The third kappa shape index (κ3) is 2.32. The summed E-state index contributed by atoms with van der Waals surface area (Å²) in [7, 11) is 1.70. The monoisotopic (exact) mass is 249 g/mol. The van der Waals surface area contributed by atoms with Crippen LogP contribution in [0.1, 0.15) is 16.1 Å². The van der Waals surface area contributed by atoms with Gasteiger partial charge < -0.3 is 10.4 Å². The molecule has 1 amide bonds. The fourth-order valence-electron chi connectivity index (χ4n) is 1.62. The quantitative estimate of drug-likeness (QED) is 0.798. The number of rotatable bonds is 2. The normalized spacial score (nSPS) is 10.4. The number of hydrogen-bond donors (Lipinski definition) is 2. The lowest BCUT2D eigenvalue weighted by molar-refractivity contribution is 0.102. The van der Waals surface area contributed by atoms with E-state index in [2.05, 4.69) is 10.4 Å². The van der Waals surface area contributed by atoms with Gasteiger partial charge in [0.2, 0.25) is 0 Å². The molecule has 0 saturated carbocycles. The molecule has 18 heavy (non-hydrogen) atoms. The molecule has 0 unspecified atom stereocenters. The highest BCUT2D eigenvalue weighted by Gasteiger charge is 2.14. The zero-order valence-corrected chi connectivity index (χ0v) is 9.94. The molecule has 0 atom stereocenters. The Labute approximate surface area is 103 Å². The van der Waals surface area contributed by atoms with Crippen LogP contribution in [0.3, 0.4) is 0 Å². The van der Waals surface area contributed by atoms with Gasteiger partial charge in [-0.25, -0.2) is 4.39 Å². The molecular weight excluding hydrogens is 237 g/mol. The average molecular weight is 249 g/mol. The summed E-state index contributed by atoms with van der Waals surface area (Å²) in [5.41, 5.74) is 0.959. The maximum Gasteiger partial charge on any atom is 0.259 e. The fraction of sp³-hybridized carbons (Fsp3) is 0.167. The Hall–Kier alpha value is -2.37. The van der Waals surface area contributed by atoms with Crippen LogP contribution < -0.4 is 5.32 Å². The molecule has 1 heterocycles. The van der Waals surface area contributed by atoms with Crippen molar-refractivity contribution < 1.29 is 14.3 Å². The number of anilines is 1. The minimum Gasteiger partial charge on any atom is -0.508 e. The molecule has 0 spiro atoms. The number of benzene rings is 1. The Bertz CT molecular complexity index is 607. The van der Waals surface area contributed by atoms with Crippen molar-refractivity contribution in [1.82, 2.24) is 9.78 Å². The number of nitrogens with zero attached hydrogens (tertiary/aromatic N) is 2. The SMILES string of the molecule is Cc1nn(C)cc1C(=O)Nc1ccc(O)cc1F. The molecule has 5 nitrogen and oxygen atoms in total. The van der Waals surface area contributed by atoms with Gasteiger partial charge in [0, 0.05) is 19.3 Å². The van der Waals surface area contributed by atoms with E-state index in [9.17, 15) is 9.18 Å². The number of aryl methyl sites for hydroxylation is 2. The van der Waals surface area contributed by atoms with Crippen molar-refractivity contribution in [2.45, 2.75) is 6.92 Å². The van der Waals surface area contributed by atoms with Crippen LogP contribution >= 0.6 is 0 Å². The van der Waals surface area contributed by atoms with Gasteiger partial charge in [-0.3, -0.25) is 9.48 Å². The molecule has 0 aliphatic rings. The number of phenols is 1. The van der Waals surface area contributed by atoms with Gasteiger partial charge in [-0.1, -0.05) is 0 Å². The number of nitrogens with one attached hydrogen (secondary N) is 1. The Morgan fingerprint density at radius 1 is 1.50 bits per heavy atom. The molecule has 1 aromatic heterocycles. The van der Waals surface area contributed by atoms with Crippen LogP contribution in [0.4, 0.5) is 10.1 Å². The lowest BCUT2D eigenvalue weighted by Gasteiger charge is -2.05. The summed E-state index contributed by atoms with van der Waals surface area (Å²) in [6.07, 6.45) is 1.56. The van der Waals surface area contributed by atoms with E-state index in [1.165, 1.54) is 16.8 Å². The van der Waals surface area contributed by atoms with Gasteiger partial charge in [-0.15, -0.1) is 0 Å². The highest BCUT2D eigenvalue weighted by Crippen LogP contribution is 2.20. The summed E-state index contributed by atoms with van der Waals surface area (Å²) < 4.78 is 14.9. The van der Waals surface area contributed by atoms with Gasteiger partial charge in [-0.05, 0) is 19.1 Å². The Morgan fingerprint density at radius 3 is 2.78 bits per heavy atom. The molecule has 6 heteroatoms. The molecule has 0 radical (unpaired) electrons. The molecule has 2 rings (SSSR count). The second-order valence-electron chi connectivity index (χ2n) is 3.92. The van der Waals surface area contributed by atoms with Gasteiger partial charge in [0.1, 0.15) is 11.6 Å². The van der Waals surface area contributed by atoms with E-state index in [-0.39, 0.29) is 11.4 Å². The number of aromatic hydroxyl groups is 1. The van der Waals surface area contributed by atoms with Crippen molar-refractivity contribution in [2.75, 3.05) is 5.32 Å². The second kappa shape index (κ2) is 4.48. The molecule has 0 saturated heterocycles. The molecule has 0 fully saturated rings. The molecule has 0 aliphatic carbocycles. The van der Waals surface area contributed by atoms with E-state index in [0.717, 1.165) is 6.07 Å². The van der Waals surface area contributed by atoms with Crippen molar-refractivity contribution in [3.63, 3.8) is 0 Å². The molecular formula is C12H12FN3O2. The van der Waals surface area contributed by atoms with E-state index in [4.69, 9.17) is 5.11 Å². The summed E-state index contributed by atoms with van der Waals surface area (Å²) in [6, 6.07) is 3.54. The first-order valence-corrected chi connectivity index (χ1v) is 5.27. The maximum atomic E-state index is 13.4. The fourth-order valence-corrected chi connectivity index (χ4v) is 1.62. The smallest absolute Gasteiger partial charge is 0.259 e. The highest BCUT2D eigenvalue weighted by atomic mass is 19.1. The summed E-state index contributed by atoms with van der Waals surface area (Å²) in [5.74, 6) is -1.32. The number of phenolic OH excluding ortho intramolecular Hbond substituents is 1. The van der Waals surface area contributed by atoms with Crippen LogP contribution in [0.25, 0.3) is 0 Å². The van der Waals surface area contributed by atoms with Crippen LogP contribution in [0.2, 0.25) is 0 Å². The van der Waals surface area contributed by atoms with Crippen LogP contribution in [0, 0.1) is 12.7 Å². The Kier molecular flexibility index (Phi) is 3.01. The van der Waals surface area contributed by atoms with E-state index in [0.29, 0.717) is 11.3 Å². The number of aromatic nitrogens is 2. The van der Waals surface area contributed by atoms with Gasteiger partial charge in [0.25, 0.3) is 5.91 Å². The number of carbonyl (C=O) groups excluding carboxylic acids is 1. The predicted octanol–water partition coefficient (Wildman–Crippen LogP) is 1.83. The first kappa shape index (κ1) is 12.1. The number of amides is 1. The number of halogens is 1. The van der Waals surface area contributed by atoms with Crippen molar-refractivity contribution in [3.8, 4) is 5.75 Å². The molecule has 2 aromatic rings. The van der Waals surface area contributed by atoms with E-state index in [1.54, 1.807) is 20.2 Å². The molecule has 1 aromatic carbocycles. The van der Waals surface area contributed by atoms with Crippen LogP contribution in [0.5, 0.6) is 5.75 Å². The molecule has 0 aliphatic heterocycles. The average Bonchev–Trinajstić information content (AvgIpc) is 2.62. The third-order valence-corrected chi connectivity index (χ3v) is 2.46. The lowest BCUT2D eigenvalue weighted by Crippen LogP contribution is -2.13. The van der Waals surface area contributed by atoms with Crippen molar-refractivity contribution >= 4 is 11.6 Å². The number of hydrogen-bond acceptors (Lipinski definition) is 3. The Morgan fingerprint density at radius 2 is 2.22 bits per heavy atom. The van der Waals surface area contributed by atoms with Gasteiger partial charge in [0.15, 0.2) is 0 Å². The lowest BCUT2D eigenvalue weighted by atomic mass is 10.2. The topological polar surface area (TPSA) is 67.2 Å². The van der Waals surface area contributed by atoms with E-state index >= 15 is 0 Å². The Balaban J connectivity index is 2.24. The molecule has 2 N–H and O–H groups in total. The van der Waals surface area contributed by atoms with Gasteiger partial charge in [0.05, 0.1) is 16.9 Å². The van der Waals surface area contributed by atoms with Crippen LogP contribution in [-0.4, -0.2) is 20.8 Å². The summed E-state index contributed by atoms with van der Waals surface area (Å²) in [4.78, 5) is 11.9. The van der Waals surface area contributed by atoms with E-state index in [1.807, 2.05) is 0 Å². The first-order chi connectivity index (χ1) is 8.47. The number of carbonyl (C=O) groups is 1. The molecule has 0 bridgehead atoms. The third-order valence-electron chi connectivity index (χ3n) is 2.46. The van der Waals surface area contributed by atoms with Crippen LogP contribution in [-0.2, 0) is 7.05 Å². The minimum absolute atomic E-state index is 0.0149. The first-order valence-electron chi connectivity index (χ1n) is 5.27. The largest absolute Gasteiger partial charge is 0.508 e. The van der Waals surface area contributed by atoms with Crippen molar-refractivity contribution in [3.05, 3.63) is 41.5 Å². The zero-order valence-electron chi connectivity index (χ0n) is 9.94. The standard InChI is InChI=1S/C12H12FN3O2/c1-7-9(6-16(2)15-7)12(18)14-11-4-3-8(17)5-10(11)13/h3-6,17H,1-2H3,(H,14,18). The zero-order chi connectivity index (χ0) is 13.3. The summed E-state index contributed by atoms with van der Waals surface area (Å²) in [6.45, 7) is 1.70. The van der Waals surface area contributed by atoms with Gasteiger partial charge in [-0.2, -0.15) is 5.10 Å². The molecule has 94 valence electrons. The van der Waals surface area contributed by atoms with Gasteiger partial charge >= 0.3 is 0 Å². The van der Waals surface area contributed by atoms with Crippen LogP contribution in [0.15, 0.2) is 24.4 Å². The van der Waals surface area contributed by atoms with E-state index < -0.39 is 11.7 Å².